The van der Waals surface area contributed by atoms with Crippen LogP contribution in [0.2, 0.25) is 0 Å². The van der Waals surface area contributed by atoms with Crippen LogP contribution in [-0.2, 0) is 0 Å². The second-order valence-corrected chi connectivity index (χ2v) is 6.04. The highest BCUT2D eigenvalue weighted by molar-refractivity contribution is 6.04. The van der Waals surface area contributed by atoms with E-state index in [9.17, 15) is 4.79 Å². The van der Waals surface area contributed by atoms with Gasteiger partial charge in [-0.05, 0) is 62.1 Å². The fraction of sp³-hybridized carbons (Fsp3) is 0.350. The molecule has 3 nitrogen and oxygen atoms in total. The topological polar surface area (TPSA) is 38.3 Å². The van der Waals surface area contributed by atoms with Gasteiger partial charge in [0, 0.05) is 11.3 Å². The summed E-state index contributed by atoms with van der Waals surface area (Å²) in [6.45, 7) is 8.28. The van der Waals surface area contributed by atoms with Gasteiger partial charge in [-0.25, -0.2) is 0 Å². The van der Waals surface area contributed by atoms with Gasteiger partial charge >= 0.3 is 0 Å². The molecule has 0 aromatic heterocycles. The summed E-state index contributed by atoms with van der Waals surface area (Å²) >= 11 is 0. The number of hydrogen-bond donors (Lipinski definition) is 1. The number of nitrogens with one attached hydrogen (secondary N) is 1. The largest absolute Gasteiger partial charge is 0.491 e. The molecule has 0 fully saturated rings. The zero-order chi connectivity index (χ0) is 16.8. The molecule has 1 amide bonds. The highest BCUT2D eigenvalue weighted by Crippen LogP contribution is 2.27. The minimum Gasteiger partial charge on any atom is -0.491 e. The third-order valence-corrected chi connectivity index (χ3v) is 3.84. The maximum absolute atomic E-state index is 12.5. The summed E-state index contributed by atoms with van der Waals surface area (Å²) in [7, 11) is 0. The van der Waals surface area contributed by atoms with E-state index in [0.717, 1.165) is 17.9 Å². The van der Waals surface area contributed by atoms with Gasteiger partial charge in [0.2, 0.25) is 0 Å². The quantitative estimate of drug-likeness (QED) is 0.792. The average Bonchev–Trinajstić information content (AvgIpc) is 2.54. The molecule has 0 saturated carbocycles. The van der Waals surface area contributed by atoms with Crippen LogP contribution >= 0.6 is 0 Å². The molecule has 0 bridgehead atoms. The molecule has 0 aliphatic rings. The van der Waals surface area contributed by atoms with E-state index in [1.54, 1.807) is 12.1 Å². The molecule has 0 heterocycles. The van der Waals surface area contributed by atoms with E-state index >= 15 is 0 Å². The molecule has 122 valence electrons. The molecule has 0 aliphatic heterocycles. The minimum absolute atomic E-state index is 0.100. The third-order valence-electron chi connectivity index (χ3n) is 3.84. The summed E-state index contributed by atoms with van der Waals surface area (Å²) in [6, 6.07) is 15.2. The van der Waals surface area contributed by atoms with Crippen molar-refractivity contribution in [2.45, 2.75) is 46.1 Å². The number of hydrogen-bond acceptors (Lipinski definition) is 2. The van der Waals surface area contributed by atoms with Crippen LogP contribution in [0.4, 0.5) is 5.69 Å². The van der Waals surface area contributed by atoms with E-state index in [1.165, 1.54) is 5.56 Å². The summed E-state index contributed by atoms with van der Waals surface area (Å²) < 4.78 is 5.60. The van der Waals surface area contributed by atoms with Gasteiger partial charge in [0.25, 0.3) is 5.91 Å². The number of rotatable bonds is 6. The molecule has 1 N–H and O–H groups in total. The Morgan fingerprint density at radius 2 is 1.70 bits per heavy atom. The second kappa shape index (κ2) is 7.82. The molecule has 0 unspecified atom stereocenters. The van der Waals surface area contributed by atoms with Crippen molar-refractivity contribution in [2.75, 3.05) is 5.32 Å². The van der Waals surface area contributed by atoms with E-state index in [2.05, 4.69) is 25.2 Å². The maximum Gasteiger partial charge on any atom is 0.255 e. The molecule has 23 heavy (non-hydrogen) atoms. The van der Waals surface area contributed by atoms with Gasteiger partial charge < -0.3 is 10.1 Å². The number of ether oxygens (including phenoxy) is 1. The fourth-order valence-corrected chi connectivity index (χ4v) is 2.41. The first kappa shape index (κ1) is 17.1. The summed E-state index contributed by atoms with van der Waals surface area (Å²) in [6.07, 6.45) is 1.16. The lowest BCUT2D eigenvalue weighted by atomic mass is 9.97. The van der Waals surface area contributed by atoms with Crippen LogP contribution in [0.5, 0.6) is 5.75 Å². The van der Waals surface area contributed by atoms with E-state index in [4.69, 9.17) is 4.74 Å². The van der Waals surface area contributed by atoms with Crippen molar-refractivity contribution in [3.05, 3.63) is 59.7 Å². The lowest BCUT2D eigenvalue weighted by Crippen LogP contribution is -2.14. The number of anilines is 1. The summed E-state index contributed by atoms with van der Waals surface area (Å²) in [5.74, 6) is 1.08. The van der Waals surface area contributed by atoms with Crippen molar-refractivity contribution < 1.29 is 9.53 Å². The Hall–Kier alpha value is -2.29. The molecule has 0 aliphatic carbocycles. The average molecular weight is 311 g/mol. The molecule has 2 rings (SSSR count). The van der Waals surface area contributed by atoms with Crippen molar-refractivity contribution >= 4 is 11.6 Å². The number of carbonyl (C=O) groups is 1. The van der Waals surface area contributed by atoms with Gasteiger partial charge in [-0.3, -0.25) is 4.79 Å². The van der Waals surface area contributed by atoms with Crippen LogP contribution in [-0.4, -0.2) is 12.0 Å². The first-order valence-electron chi connectivity index (χ1n) is 8.18. The van der Waals surface area contributed by atoms with E-state index in [-0.39, 0.29) is 12.0 Å². The predicted molar refractivity (Wildman–Crippen MR) is 95.3 cm³/mol. The van der Waals surface area contributed by atoms with Gasteiger partial charge in [0.05, 0.1) is 6.10 Å². The van der Waals surface area contributed by atoms with Gasteiger partial charge in [0.1, 0.15) is 5.75 Å². The molecule has 2 aromatic carbocycles. The molecular weight excluding hydrogens is 286 g/mol. The normalized spacial score (nSPS) is 12.0. The van der Waals surface area contributed by atoms with Crippen LogP contribution in [0.3, 0.4) is 0 Å². The fourth-order valence-electron chi connectivity index (χ4n) is 2.41. The molecule has 0 spiro atoms. The standard InChI is InChI=1S/C20H25NO2/c1-5-15(4)18-8-6-7-9-19(18)21-20(22)16-10-12-17(13-11-16)23-14(2)3/h6-15H,5H2,1-4H3,(H,21,22)/t15-/m1/s1. The lowest BCUT2D eigenvalue weighted by Gasteiger charge is -2.16. The molecule has 3 heteroatoms. The Bertz CT molecular complexity index is 647. The first-order valence-corrected chi connectivity index (χ1v) is 8.18. The minimum atomic E-state index is -0.100. The molecule has 0 saturated heterocycles. The van der Waals surface area contributed by atoms with Crippen molar-refractivity contribution in [3.63, 3.8) is 0 Å². The zero-order valence-electron chi connectivity index (χ0n) is 14.3. The maximum atomic E-state index is 12.5. The van der Waals surface area contributed by atoms with Crippen LogP contribution in [0.1, 0.15) is 56.0 Å². The lowest BCUT2D eigenvalue weighted by molar-refractivity contribution is 0.102. The van der Waals surface area contributed by atoms with Crippen molar-refractivity contribution in [1.82, 2.24) is 0 Å². The van der Waals surface area contributed by atoms with Crippen LogP contribution in [0, 0.1) is 0 Å². The predicted octanol–water partition coefficient (Wildman–Crippen LogP) is 5.24. The van der Waals surface area contributed by atoms with Crippen LogP contribution < -0.4 is 10.1 Å². The monoisotopic (exact) mass is 311 g/mol. The second-order valence-electron chi connectivity index (χ2n) is 6.04. The van der Waals surface area contributed by atoms with E-state index < -0.39 is 0 Å². The summed E-state index contributed by atoms with van der Waals surface area (Å²) in [5.41, 5.74) is 2.68. The molecular formula is C20H25NO2. The molecule has 1 atom stereocenters. The molecule has 0 radical (unpaired) electrons. The summed E-state index contributed by atoms with van der Waals surface area (Å²) in [5, 5.41) is 3.02. The van der Waals surface area contributed by atoms with Crippen molar-refractivity contribution in [3.8, 4) is 5.75 Å². The van der Waals surface area contributed by atoms with Gasteiger partial charge in [-0.15, -0.1) is 0 Å². The number of carbonyl (C=O) groups excluding carboxylic acids is 1. The highest BCUT2D eigenvalue weighted by Gasteiger charge is 2.12. The number of benzene rings is 2. The Kier molecular flexibility index (Phi) is 5.80. The van der Waals surface area contributed by atoms with Gasteiger partial charge in [-0.1, -0.05) is 32.0 Å². The highest BCUT2D eigenvalue weighted by atomic mass is 16.5. The first-order chi connectivity index (χ1) is 11.0. The van der Waals surface area contributed by atoms with Crippen molar-refractivity contribution in [1.29, 1.82) is 0 Å². The third kappa shape index (κ3) is 4.59. The Labute approximate surface area is 138 Å². The Morgan fingerprint density at radius 1 is 1.04 bits per heavy atom. The van der Waals surface area contributed by atoms with Gasteiger partial charge in [-0.2, -0.15) is 0 Å². The summed E-state index contributed by atoms with van der Waals surface area (Å²) in [4.78, 5) is 12.5. The van der Waals surface area contributed by atoms with Crippen LogP contribution in [0.15, 0.2) is 48.5 Å². The zero-order valence-corrected chi connectivity index (χ0v) is 14.3. The van der Waals surface area contributed by atoms with E-state index in [0.29, 0.717) is 11.5 Å². The SMILES string of the molecule is CC[C@@H](C)c1ccccc1NC(=O)c1ccc(OC(C)C)cc1. The Balaban J connectivity index is 2.13. The van der Waals surface area contributed by atoms with Crippen LogP contribution in [0.25, 0.3) is 0 Å². The number of amides is 1. The van der Waals surface area contributed by atoms with Gasteiger partial charge in [0.15, 0.2) is 0 Å². The Morgan fingerprint density at radius 3 is 2.30 bits per heavy atom. The molecule has 2 aromatic rings. The van der Waals surface area contributed by atoms with E-state index in [1.807, 2.05) is 44.2 Å². The number of para-hydroxylation sites is 1. The smallest absolute Gasteiger partial charge is 0.255 e. The van der Waals surface area contributed by atoms with Crippen molar-refractivity contribution in [2.24, 2.45) is 0 Å².